The molecule has 3 aromatic rings. The van der Waals surface area contributed by atoms with Crippen LogP contribution in [0.2, 0.25) is 10.0 Å². The molecule has 2 saturated carbocycles. The molecule has 0 unspecified atom stereocenters. The number of rotatable bonds is 7. The second-order valence-corrected chi connectivity index (χ2v) is 12.9. The van der Waals surface area contributed by atoms with Gasteiger partial charge in [-0.15, -0.1) is 0 Å². The first-order valence-electron chi connectivity index (χ1n) is 11.9. The van der Waals surface area contributed by atoms with Gasteiger partial charge in [-0.1, -0.05) is 23.2 Å². The molecule has 2 fully saturated rings. The molecule has 0 bridgehead atoms. The topological polar surface area (TPSA) is 145 Å². The van der Waals surface area contributed by atoms with Crippen molar-refractivity contribution < 1.29 is 17.6 Å². The standard InChI is InChI=1S/C23H26Cl2FN7O3S/c1-37(35,36)15-8-13(9-15)29-22-28-10-18-21(32-22)33(14-4-2-11(3-5-14)20(27)34)23(30-18)31-19-16(25)6-12(24)7-17(19)26/h6-7,10-11,13-15H,2-5,8-9H2,1H3,(H2,27,34)(H,30,31)(H,28,29,32)/t11-,13?,14-,15?. The Morgan fingerprint density at radius 3 is 2.49 bits per heavy atom. The number of carbonyl (C=O) groups is 1. The Morgan fingerprint density at radius 2 is 1.86 bits per heavy atom. The van der Waals surface area contributed by atoms with Crippen molar-refractivity contribution in [1.82, 2.24) is 19.5 Å². The quantitative estimate of drug-likeness (QED) is 0.383. The van der Waals surface area contributed by atoms with Crippen molar-refractivity contribution in [3.05, 3.63) is 34.2 Å². The van der Waals surface area contributed by atoms with E-state index in [0.29, 0.717) is 61.6 Å². The Bertz CT molecular complexity index is 1450. The number of nitrogens with two attached hydrogens (primary N) is 1. The van der Waals surface area contributed by atoms with E-state index < -0.39 is 15.7 Å². The fraction of sp³-hybridized carbons (Fsp3) is 0.478. The summed E-state index contributed by atoms with van der Waals surface area (Å²) in [6.45, 7) is 0. The maximum Gasteiger partial charge on any atom is 0.224 e. The Hall–Kier alpha value is -2.70. The van der Waals surface area contributed by atoms with Crippen LogP contribution in [0.25, 0.3) is 11.2 Å². The van der Waals surface area contributed by atoms with Crippen molar-refractivity contribution >= 4 is 67.7 Å². The summed E-state index contributed by atoms with van der Waals surface area (Å²) in [4.78, 5) is 25.3. The lowest BCUT2D eigenvalue weighted by Crippen LogP contribution is -2.43. The molecule has 10 nitrogen and oxygen atoms in total. The van der Waals surface area contributed by atoms with Crippen LogP contribution < -0.4 is 16.4 Å². The number of anilines is 3. The van der Waals surface area contributed by atoms with Gasteiger partial charge in [-0.3, -0.25) is 9.36 Å². The molecule has 198 valence electrons. The third-order valence-electron chi connectivity index (χ3n) is 7.17. The largest absolute Gasteiger partial charge is 0.369 e. The first-order valence-corrected chi connectivity index (χ1v) is 14.6. The molecule has 0 spiro atoms. The van der Waals surface area contributed by atoms with E-state index in [1.807, 2.05) is 4.57 Å². The van der Waals surface area contributed by atoms with Crippen LogP contribution in [0, 0.1) is 11.7 Å². The third-order valence-corrected chi connectivity index (χ3v) is 9.29. The van der Waals surface area contributed by atoms with Crippen molar-refractivity contribution in [2.24, 2.45) is 11.7 Å². The molecule has 0 radical (unpaired) electrons. The number of aromatic nitrogens is 4. The molecule has 1 aromatic carbocycles. The molecule has 14 heteroatoms. The first kappa shape index (κ1) is 25.9. The number of hydrogen-bond donors (Lipinski definition) is 3. The van der Waals surface area contributed by atoms with Gasteiger partial charge in [-0.05, 0) is 50.7 Å². The van der Waals surface area contributed by atoms with Gasteiger partial charge in [0.05, 0.1) is 22.2 Å². The maximum absolute atomic E-state index is 14.7. The van der Waals surface area contributed by atoms with Crippen LogP contribution in [0.4, 0.5) is 22.0 Å². The van der Waals surface area contributed by atoms with E-state index in [4.69, 9.17) is 28.9 Å². The number of nitrogens with one attached hydrogen (secondary N) is 2. The Morgan fingerprint density at radius 1 is 1.16 bits per heavy atom. The van der Waals surface area contributed by atoms with E-state index in [1.165, 1.54) is 12.3 Å². The summed E-state index contributed by atoms with van der Waals surface area (Å²) in [6, 6.07) is 2.45. The minimum atomic E-state index is -3.08. The lowest BCUT2D eigenvalue weighted by atomic mass is 9.85. The van der Waals surface area contributed by atoms with Crippen molar-refractivity contribution in [2.45, 2.75) is 55.9 Å². The van der Waals surface area contributed by atoms with Gasteiger partial charge >= 0.3 is 0 Å². The lowest BCUT2D eigenvalue weighted by Gasteiger charge is -2.34. The summed E-state index contributed by atoms with van der Waals surface area (Å²) in [6.07, 6.45) is 6.29. The summed E-state index contributed by atoms with van der Waals surface area (Å²) < 4.78 is 40.1. The Labute approximate surface area is 223 Å². The average Bonchev–Trinajstić information content (AvgIpc) is 3.14. The van der Waals surface area contributed by atoms with E-state index in [0.717, 1.165) is 6.07 Å². The zero-order chi connectivity index (χ0) is 26.5. The zero-order valence-electron chi connectivity index (χ0n) is 19.9. The van der Waals surface area contributed by atoms with Crippen molar-refractivity contribution in [3.63, 3.8) is 0 Å². The second kappa shape index (κ2) is 9.88. The molecule has 0 aliphatic heterocycles. The number of primary amides is 1. The van der Waals surface area contributed by atoms with E-state index in [9.17, 15) is 17.6 Å². The number of halogens is 3. The fourth-order valence-electron chi connectivity index (χ4n) is 5.00. The normalized spacial score (nSPS) is 24.0. The Balaban J connectivity index is 1.48. The molecule has 2 aliphatic carbocycles. The summed E-state index contributed by atoms with van der Waals surface area (Å²) in [5.41, 5.74) is 6.55. The molecule has 0 saturated heterocycles. The molecular formula is C23H26Cl2FN7O3S. The van der Waals surface area contributed by atoms with E-state index in [-0.39, 0.29) is 44.9 Å². The van der Waals surface area contributed by atoms with Crippen molar-refractivity contribution in [1.29, 1.82) is 0 Å². The van der Waals surface area contributed by atoms with Gasteiger partial charge in [0.1, 0.15) is 21.2 Å². The highest BCUT2D eigenvalue weighted by molar-refractivity contribution is 7.91. The lowest BCUT2D eigenvalue weighted by molar-refractivity contribution is -0.122. The molecule has 37 heavy (non-hydrogen) atoms. The van der Waals surface area contributed by atoms with Crippen LogP contribution in [-0.4, -0.2) is 51.4 Å². The fourth-order valence-corrected chi connectivity index (χ4v) is 6.68. The van der Waals surface area contributed by atoms with Gasteiger partial charge in [0.2, 0.25) is 17.8 Å². The molecule has 2 heterocycles. The number of benzene rings is 1. The highest BCUT2D eigenvalue weighted by Crippen LogP contribution is 2.39. The van der Waals surface area contributed by atoms with Crippen molar-refractivity contribution in [2.75, 3.05) is 16.9 Å². The molecule has 0 atom stereocenters. The zero-order valence-corrected chi connectivity index (χ0v) is 22.2. The molecule has 2 aliphatic rings. The molecule has 1 amide bonds. The number of imidazole rings is 1. The molecule has 5 rings (SSSR count). The van der Waals surface area contributed by atoms with Gasteiger partial charge in [0.25, 0.3) is 0 Å². The average molecular weight is 570 g/mol. The predicted octanol–water partition coefficient (Wildman–Crippen LogP) is 4.22. The molecule has 2 aromatic heterocycles. The number of sulfone groups is 1. The van der Waals surface area contributed by atoms with Crippen LogP contribution in [0.3, 0.4) is 0 Å². The monoisotopic (exact) mass is 569 g/mol. The maximum atomic E-state index is 14.7. The van der Waals surface area contributed by atoms with Crippen molar-refractivity contribution in [3.8, 4) is 0 Å². The predicted molar refractivity (Wildman–Crippen MR) is 140 cm³/mol. The van der Waals surface area contributed by atoms with Gasteiger partial charge < -0.3 is 16.4 Å². The summed E-state index contributed by atoms with van der Waals surface area (Å²) in [5, 5.41) is 6.10. The summed E-state index contributed by atoms with van der Waals surface area (Å²) in [7, 11) is -3.08. The van der Waals surface area contributed by atoms with Crippen LogP contribution >= 0.6 is 23.2 Å². The van der Waals surface area contributed by atoms with E-state index in [1.54, 1.807) is 6.20 Å². The second-order valence-electron chi connectivity index (χ2n) is 9.75. The first-order chi connectivity index (χ1) is 17.5. The summed E-state index contributed by atoms with van der Waals surface area (Å²) >= 11 is 12.2. The number of nitrogens with zero attached hydrogens (tertiary/aromatic N) is 4. The Kier molecular flexibility index (Phi) is 6.92. The highest BCUT2D eigenvalue weighted by Gasteiger charge is 2.37. The number of fused-ring (bicyclic) bond motifs is 1. The van der Waals surface area contributed by atoms with Crippen LogP contribution in [0.15, 0.2) is 18.3 Å². The van der Waals surface area contributed by atoms with Crippen LogP contribution in [0.1, 0.15) is 44.6 Å². The van der Waals surface area contributed by atoms with Gasteiger partial charge in [0.15, 0.2) is 5.65 Å². The number of amides is 1. The molecular weight excluding hydrogens is 544 g/mol. The minimum absolute atomic E-state index is 0.0287. The van der Waals surface area contributed by atoms with Gasteiger partial charge in [0, 0.05) is 29.3 Å². The number of hydrogen-bond acceptors (Lipinski definition) is 8. The van der Waals surface area contributed by atoms with Gasteiger partial charge in [-0.25, -0.2) is 22.8 Å². The van der Waals surface area contributed by atoms with E-state index >= 15 is 0 Å². The SMILES string of the molecule is CS(=O)(=O)C1CC(Nc2ncc3nc(Nc4c(F)cc(Cl)cc4Cl)n([C@H]4CC[C@H](C(N)=O)CC4)c3n2)C1. The summed E-state index contributed by atoms with van der Waals surface area (Å²) in [5.74, 6) is -0.471. The van der Waals surface area contributed by atoms with Gasteiger partial charge in [-0.2, -0.15) is 4.98 Å². The van der Waals surface area contributed by atoms with Crippen LogP contribution in [0.5, 0.6) is 0 Å². The minimum Gasteiger partial charge on any atom is -0.369 e. The smallest absolute Gasteiger partial charge is 0.224 e. The van der Waals surface area contributed by atoms with E-state index in [2.05, 4.69) is 25.6 Å². The third kappa shape index (κ3) is 5.32. The number of carbonyl (C=O) groups excluding carboxylic acids is 1. The molecule has 4 N–H and O–H groups in total. The van der Waals surface area contributed by atoms with Crippen LogP contribution in [-0.2, 0) is 14.6 Å². The highest BCUT2D eigenvalue weighted by atomic mass is 35.5.